The van der Waals surface area contributed by atoms with Crippen LogP contribution in [0.4, 0.5) is 0 Å². The second-order valence-electron chi connectivity index (χ2n) is 9.11. The van der Waals surface area contributed by atoms with Crippen LogP contribution in [0.5, 0.6) is 28.7 Å². The molecule has 1 heterocycles. The molecule has 0 aliphatic carbocycles. The van der Waals surface area contributed by atoms with Crippen molar-refractivity contribution in [1.29, 1.82) is 0 Å². The smallest absolute Gasteiger partial charge is 0.226 e. The number of phenols is 2. The third-order valence-corrected chi connectivity index (χ3v) is 5.63. The van der Waals surface area contributed by atoms with Gasteiger partial charge in [0.1, 0.15) is 0 Å². The number of nitrogens with zero attached hydrogens (tertiary/aromatic N) is 1. The van der Waals surface area contributed by atoms with E-state index in [1.165, 1.54) is 7.11 Å². The molecule has 34 heavy (non-hydrogen) atoms. The maximum absolute atomic E-state index is 13.3. The third kappa shape index (κ3) is 6.47. The average Bonchev–Trinajstić information content (AvgIpc) is 3.04. The van der Waals surface area contributed by atoms with Gasteiger partial charge in [-0.15, -0.1) is 0 Å². The van der Waals surface area contributed by atoms with Gasteiger partial charge in [-0.25, -0.2) is 0 Å². The van der Waals surface area contributed by atoms with Crippen LogP contribution in [0.15, 0.2) is 30.3 Å². The lowest BCUT2D eigenvalue weighted by atomic mass is 10.1. The molecule has 1 aliphatic heterocycles. The Kier molecular flexibility index (Phi) is 8.87. The topological polar surface area (TPSA) is 100 Å². The molecule has 1 aliphatic rings. The zero-order chi connectivity index (χ0) is 24.7. The third-order valence-electron chi connectivity index (χ3n) is 5.63. The molecule has 3 rings (SSSR count). The van der Waals surface area contributed by atoms with Gasteiger partial charge in [-0.1, -0.05) is 32.9 Å². The number of ether oxygens (including phenoxy) is 3. The number of nitrogens with one attached hydrogen (secondary N) is 1. The van der Waals surface area contributed by atoms with E-state index in [0.29, 0.717) is 56.6 Å². The summed E-state index contributed by atoms with van der Waals surface area (Å²) in [6.45, 7) is 8.96. The normalized spacial score (nSPS) is 13.9. The molecule has 0 saturated heterocycles. The molecular formula is C26H36N2O6. The van der Waals surface area contributed by atoms with E-state index in [1.807, 2.05) is 24.0 Å². The Hall–Kier alpha value is -3.13. The molecule has 1 unspecified atom stereocenters. The number of rotatable bonds is 10. The van der Waals surface area contributed by atoms with Crippen molar-refractivity contribution < 1.29 is 29.2 Å². The van der Waals surface area contributed by atoms with Crippen molar-refractivity contribution in [3.63, 3.8) is 0 Å². The van der Waals surface area contributed by atoms with Crippen molar-refractivity contribution >= 4 is 5.91 Å². The summed E-state index contributed by atoms with van der Waals surface area (Å²) in [5.74, 6) is 1.47. The molecule has 0 aromatic heterocycles. The predicted molar refractivity (Wildman–Crippen MR) is 129 cm³/mol. The summed E-state index contributed by atoms with van der Waals surface area (Å²) >= 11 is 0. The Bertz CT molecular complexity index is 978. The fraction of sp³-hybridized carbons (Fsp3) is 0.500. The lowest BCUT2D eigenvalue weighted by molar-refractivity contribution is -0.136. The van der Waals surface area contributed by atoms with Crippen molar-refractivity contribution in [2.24, 2.45) is 11.8 Å². The molecule has 0 radical (unpaired) electrons. The van der Waals surface area contributed by atoms with Gasteiger partial charge in [-0.3, -0.25) is 4.79 Å². The molecule has 1 atom stereocenters. The fourth-order valence-electron chi connectivity index (χ4n) is 4.06. The molecule has 186 valence electrons. The molecule has 1 amide bonds. The summed E-state index contributed by atoms with van der Waals surface area (Å²) in [6.07, 6.45) is 0.750. The first-order valence-corrected chi connectivity index (χ1v) is 11.8. The maximum atomic E-state index is 13.3. The molecule has 2 aromatic rings. The highest BCUT2D eigenvalue weighted by molar-refractivity contribution is 5.78. The van der Waals surface area contributed by atoms with Gasteiger partial charge < -0.3 is 34.6 Å². The van der Waals surface area contributed by atoms with Gasteiger partial charge in [0.2, 0.25) is 11.7 Å². The quantitative estimate of drug-likeness (QED) is 0.485. The summed E-state index contributed by atoms with van der Waals surface area (Å²) in [6, 6.07) is 8.71. The Morgan fingerprint density at radius 2 is 1.91 bits per heavy atom. The van der Waals surface area contributed by atoms with Gasteiger partial charge in [-0.05, 0) is 29.7 Å². The number of hydrogen-bond donors (Lipinski definition) is 3. The number of fused-ring (bicyclic) bond motifs is 1. The SMILES string of the molecule is COc1c(O)cccc1CNCC(C)C(=O)N(Cc1cc(O)c2c(c1)OCCCO2)CC(C)C. The molecule has 0 saturated carbocycles. The molecule has 2 aromatic carbocycles. The Morgan fingerprint density at radius 3 is 2.65 bits per heavy atom. The zero-order valence-electron chi connectivity index (χ0n) is 20.5. The van der Waals surface area contributed by atoms with E-state index in [0.717, 1.165) is 17.5 Å². The van der Waals surface area contributed by atoms with Gasteiger partial charge in [-0.2, -0.15) is 0 Å². The fourth-order valence-corrected chi connectivity index (χ4v) is 4.06. The standard InChI is InChI=1S/C26H36N2O6/c1-17(2)15-28(16-19-11-22(30)25-23(12-19)33-9-6-10-34-25)26(31)18(3)13-27-14-20-7-5-8-21(29)24(20)32-4/h5,7-8,11-12,17-18,27,29-30H,6,9-10,13-16H2,1-4H3. The van der Waals surface area contributed by atoms with Crippen molar-refractivity contribution in [3.8, 4) is 28.7 Å². The Morgan fingerprint density at radius 1 is 1.15 bits per heavy atom. The van der Waals surface area contributed by atoms with Crippen LogP contribution in [0.3, 0.4) is 0 Å². The first-order chi connectivity index (χ1) is 16.3. The minimum Gasteiger partial charge on any atom is -0.504 e. The second kappa shape index (κ2) is 11.8. The lowest BCUT2D eigenvalue weighted by Crippen LogP contribution is -2.40. The molecule has 8 heteroatoms. The maximum Gasteiger partial charge on any atom is 0.226 e. The van der Waals surface area contributed by atoms with Crippen molar-refractivity contribution in [2.45, 2.75) is 40.3 Å². The highest BCUT2D eigenvalue weighted by Gasteiger charge is 2.23. The number of carbonyl (C=O) groups is 1. The minimum absolute atomic E-state index is 0.0238. The van der Waals surface area contributed by atoms with Gasteiger partial charge >= 0.3 is 0 Å². The summed E-state index contributed by atoms with van der Waals surface area (Å²) in [5.41, 5.74) is 1.62. The predicted octanol–water partition coefficient (Wildman–Crippen LogP) is 3.68. The Balaban J connectivity index is 1.66. The van der Waals surface area contributed by atoms with E-state index in [-0.39, 0.29) is 29.2 Å². The highest BCUT2D eigenvalue weighted by Crippen LogP contribution is 2.39. The van der Waals surface area contributed by atoms with Gasteiger partial charge in [0.15, 0.2) is 23.0 Å². The van der Waals surface area contributed by atoms with E-state index in [2.05, 4.69) is 19.2 Å². The lowest BCUT2D eigenvalue weighted by Gasteiger charge is -2.28. The van der Waals surface area contributed by atoms with Crippen LogP contribution in [0.2, 0.25) is 0 Å². The zero-order valence-corrected chi connectivity index (χ0v) is 20.5. The first kappa shape index (κ1) is 25.5. The molecule has 0 bridgehead atoms. The van der Waals surface area contributed by atoms with Gasteiger partial charge in [0.25, 0.3) is 0 Å². The average molecular weight is 473 g/mol. The van der Waals surface area contributed by atoms with E-state index >= 15 is 0 Å². The van der Waals surface area contributed by atoms with Crippen LogP contribution in [-0.4, -0.2) is 54.4 Å². The number of aromatic hydroxyl groups is 2. The Labute approximate surface area is 201 Å². The van der Waals surface area contributed by atoms with Crippen LogP contribution < -0.4 is 19.5 Å². The molecule has 8 nitrogen and oxygen atoms in total. The van der Waals surface area contributed by atoms with E-state index in [9.17, 15) is 15.0 Å². The van der Waals surface area contributed by atoms with Crippen LogP contribution in [-0.2, 0) is 17.9 Å². The van der Waals surface area contributed by atoms with Crippen molar-refractivity contribution in [2.75, 3.05) is 33.4 Å². The van der Waals surface area contributed by atoms with Crippen LogP contribution >= 0.6 is 0 Å². The number of methoxy groups -OCH3 is 1. The number of amides is 1. The first-order valence-electron chi connectivity index (χ1n) is 11.8. The summed E-state index contributed by atoms with van der Waals surface area (Å²) in [5, 5.41) is 23.7. The second-order valence-corrected chi connectivity index (χ2v) is 9.11. The summed E-state index contributed by atoms with van der Waals surface area (Å²) in [4.78, 5) is 15.2. The van der Waals surface area contributed by atoms with Gasteiger partial charge in [0, 0.05) is 44.1 Å². The summed E-state index contributed by atoms with van der Waals surface area (Å²) < 4.78 is 16.6. The number of hydrogen-bond acceptors (Lipinski definition) is 7. The monoisotopic (exact) mass is 472 g/mol. The van der Waals surface area contributed by atoms with E-state index in [1.54, 1.807) is 18.2 Å². The number of para-hydroxylation sites is 1. The number of phenolic OH excluding ortho intramolecular Hbond substituents is 2. The minimum atomic E-state index is -0.268. The van der Waals surface area contributed by atoms with Crippen molar-refractivity contribution in [3.05, 3.63) is 41.5 Å². The van der Waals surface area contributed by atoms with Crippen molar-refractivity contribution in [1.82, 2.24) is 10.2 Å². The van der Waals surface area contributed by atoms with Crippen LogP contribution in [0.1, 0.15) is 38.3 Å². The van der Waals surface area contributed by atoms with Gasteiger partial charge in [0.05, 0.1) is 20.3 Å². The van der Waals surface area contributed by atoms with E-state index in [4.69, 9.17) is 14.2 Å². The van der Waals surface area contributed by atoms with Crippen LogP contribution in [0, 0.1) is 11.8 Å². The summed E-state index contributed by atoms with van der Waals surface area (Å²) in [7, 11) is 1.52. The highest BCUT2D eigenvalue weighted by atomic mass is 16.5. The number of carbonyl (C=O) groups excluding carboxylic acids is 1. The molecule has 3 N–H and O–H groups in total. The molecule has 0 fully saturated rings. The van der Waals surface area contributed by atoms with E-state index < -0.39 is 0 Å². The number of benzene rings is 2. The largest absolute Gasteiger partial charge is 0.504 e. The van der Waals surface area contributed by atoms with Crippen LogP contribution in [0.25, 0.3) is 0 Å². The molecular weight excluding hydrogens is 436 g/mol. The molecule has 0 spiro atoms.